The summed E-state index contributed by atoms with van der Waals surface area (Å²) in [5, 5.41) is 6.89. The Kier molecular flexibility index (Phi) is 7.03. The van der Waals surface area contributed by atoms with E-state index in [1.165, 1.54) is 31.3 Å². The van der Waals surface area contributed by atoms with Gasteiger partial charge in [-0.25, -0.2) is 4.98 Å². The second-order valence-corrected chi connectivity index (χ2v) is 15.5. The van der Waals surface area contributed by atoms with Gasteiger partial charge in [0.25, 0.3) is 0 Å². The first kappa shape index (κ1) is 31.9. The SMILES string of the molecule is c1ccc(-c2nc(-c3cccc(-c4ccc5c(c4)sc4cccc(-c6ccccc6)c45)c3)nc(-n3c4ccccc4c4ccc5c6ccccc6oc5c43)n2)cc1. The molecule has 0 aliphatic carbocycles. The zero-order valence-electron chi connectivity index (χ0n) is 30.4. The van der Waals surface area contributed by atoms with Crippen LogP contribution in [-0.2, 0) is 0 Å². The molecule has 0 radical (unpaired) electrons. The van der Waals surface area contributed by atoms with Crippen molar-refractivity contribution in [3.63, 3.8) is 0 Å². The number of rotatable bonds is 5. The van der Waals surface area contributed by atoms with Crippen molar-refractivity contribution in [1.29, 1.82) is 0 Å². The number of benzene rings is 8. The van der Waals surface area contributed by atoms with Gasteiger partial charge in [-0.2, -0.15) is 9.97 Å². The van der Waals surface area contributed by atoms with Crippen molar-refractivity contribution in [3.05, 3.63) is 182 Å². The molecule has 266 valence electrons. The predicted octanol–water partition coefficient (Wildman–Crippen LogP) is 13.9. The van der Waals surface area contributed by atoms with Crippen LogP contribution in [0.1, 0.15) is 0 Å². The minimum absolute atomic E-state index is 0.532. The van der Waals surface area contributed by atoms with Gasteiger partial charge in [-0.3, -0.25) is 4.57 Å². The van der Waals surface area contributed by atoms with Crippen molar-refractivity contribution in [3.8, 4) is 51.0 Å². The topological polar surface area (TPSA) is 56.7 Å². The second kappa shape index (κ2) is 12.6. The van der Waals surface area contributed by atoms with Gasteiger partial charge in [-0.1, -0.05) is 146 Å². The average molecular weight is 747 g/mol. The second-order valence-electron chi connectivity index (χ2n) is 14.4. The van der Waals surface area contributed by atoms with E-state index in [0.717, 1.165) is 66.0 Å². The molecule has 12 aromatic rings. The van der Waals surface area contributed by atoms with E-state index < -0.39 is 0 Å². The van der Waals surface area contributed by atoms with Gasteiger partial charge in [-0.15, -0.1) is 11.3 Å². The molecule has 0 aliphatic rings. The molecule has 0 spiro atoms. The third-order valence-electron chi connectivity index (χ3n) is 11.1. The van der Waals surface area contributed by atoms with Crippen molar-refractivity contribution in [2.24, 2.45) is 0 Å². The smallest absolute Gasteiger partial charge is 0.238 e. The van der Waals surface area contributed by atoms with Crippen LogP contribution in [0.25, 0.3) is 115 Å². The number of para-hydroxylation sites is 2. The molecule has 4 aromatic heterocycles. The molecular formula is C51H30N4OS. The molecule has 0 saturated heterocycles. The van der Waals surface area contributed by atoms with E-state index in [2.05, 4.69) is 144 Å². The lowest BCUT2D eigenvalue weighted by molar-refractivity contribution is 0.670. The Morgan fingerprint density at radius 1 is 0.421 bits per heavy atom. The average Bonchev–Trinajstić information content (AvgIpc) is 3.96. The normalized spacial score (nSPS) is 11.9. The van der Waals surface area contributed by atoms with Crippen LogP contribution >= 0.6 is 11.3 Å². The van der Waals surface area contributed by atoms with Crippen LogP contribution in [-0.4, -0.2) is 19.5 Å². The molecular weight excluding hydrogens is 717 g/mol. The lowest BCUT2D eigenvalue weighted by atomic mass is 9.97. The standard InChI is InChI=1S/C51H30N4OS/c1-3-13-31(14-4-1)36-21-12-24-44-46(36)41-26-25-34(30-45(41)57-44)33-17-11-18-35(29-33)50-52-49(32-15-5-2-6-16-32)53-51(54-50)55-42-22-9-7-19-37(42)39-27-28-40-38-20-8-10-23-43(38)56-48(40)47(39)55/h1-30H. The van der Waals surface area contributed by atoms with Crippen molar-refractivity contribution in [2.75, 3.05) is 0 Å². The maximum atomic E-state index is 6.64. The Hall–Kier alpha value is -7.41. The van der Waals surface area contributed by atoms with Crippen LogP contribution < -0.4 is 0 Å². The molecule has 0 atom stereocenters. The van der Waals surface area contributed by atoms with E-state index in [-0.39, 0.29) is 0 Å². The highest BCUT2D eigenvalue weighted by Gasteiger charge is 2.22. The highest BCUT2D eigenvalue weighted by atomic mass is 32.1. The molecule has 0 amide bonds. The molecule has 0 aliphatic heterocycles. The van der Waals surface area contributed by atoms with E-state index in [1.54, 1.807) is 0 Å². The molecule has 8 aromatic carbocycles. The lowest BCUT2D eigenvalue weighted by Crippen LogP contribution is -2.06. The van der Waals surface area contributed by atoms with E-state index in [1.807, 2.05) is 53.8 Å². The molecule has 0 N–H and O–H groups in total. The van der Waals surface area contributed by atoms with Gasteiger partial charge in [0, 0.05) is 52.8 Å². The Labute approximate surface area is 330 Å². The summed E-state index contributed by atoms with van der Waals surface area (Å²) in [5.41, 5.74) is 10.1. The molecule has 0 unspecified atom stereocenters. The molecule has 4 heterocycles. The summed E-state index contributed by atoms with van der Waals surface area (Å²) in [5.74, 6) is 1.73. The Bertz CT molecular complexity index is 3530. The van der Waals surface area contributed by atoms with E-state index in [9.17, 15) is 0 Å². The van der Waals surface area contributed by atoms with Crippen LogP contribution in [0, 0.1) is 0 Å². The van der Waals surface area contributed by atoms with Crippen molar-refractivity contribution >= 4 is 75.3 Å². The molecule has 0 saturated carbocycles. The highest BCUT2D eigenvalue weighted by Crippen LogP contribution is 2.43. The van der Waals surface area contributed by atoms with Crippen molar-refractivity contribution < 1.29 is 4.42 Å². The molecule has 12 rings (SSSR count). The number of fused-ring (bicyclic) bond motifs is 10. The molecule has 57 heavy (non-hydrogen) atoms. The van der Waals surface area contributed by atoms with Crippen molar-refractivity contribution in [1.82, 2.24) is 19.5 Å². The van der Waals surface area contributed by atoms with E-state index in [0.29, 0.717) is 17.6 Å². The number of hydrogen-bond donors (Lipinski definition) is 0. The van der Waals surface area contributed by atoms with Gasteiger partial charge < -0.3 is 4.42 Å². The Balaban J connectivity index is 1.05. The maximum Gasteiger partial charge on any atom is 0.238 e. The van der Waals surface area contributed by atoms with E-state index in [4.69, 9.17) is 19.4 Å². The lowest BCUT2D eigenvalue weighted by Gasteiger charge is -2.12. The summed E-state index contributed by atoms with van der Waals surface area (Å²) in [4.78, 5) is 15.6. The number of aromatic nitrogens is 4. The van der Waals surface area contributed by atoms with Gasteiger partial charge in [-0.05, 0) is 58.7 Å². The largest absolute Gasteiger partial charge is 0.454 e. The molecule has 5 nitrogen and oxygen atoms in total. The highest BCUT2D eigenvalue weighted by molar-refractivity contribution is 7.26. The quantitative estimate of drug-likeness (QED) is 0.176. The van der Waals surface area contributed by atoms with Gasteiger partial charge in [0.15, 0.2) is 17.2 Å². The summed E-state index contributed by atoms with van der Waals surface area (Å²) >= 11 is 1.84. The van der Waals surface area contributed by atoms with Gasteiger partial charge in [0.2, 0.25) is 5.95 Å². The monoisotopic (exact) mass is 746 g/mol. The third-order valence-corrected chi connectivity index (χ3v) is 12.2. The fourth-order valence-electron chi connectivity index (χ4n) is 8.45. The molecule has 0 bridgehead atoms. The summed E-state index contributed by atoms with van der Waals surface area (Å²) in [6.45, 7) is 0. The van der Waals surface area contributed by atoms with E-state index >= 15 is 0 Å². The fraction of sp³-hybridized carbons (Fsp3) is 0. The fourth-order valence-corrected chi connectivity index (χ4v) is 9.62. The van der Waals surface area contributed by atoms with Crippen LogP contribution in [0.5, 0.6) is 0 Å². The van der Waals surface area contributed by atoms with Gasteiger partial charge in [0.1, 0.15) is 11.1 Å². The minimum Gasteiger partial charge on any atom is -0.454 e. The van der Waals surface area contributed by atoms with Crippen LogP contribution in [0.3, 0.4) is 0 Å². The summed E-state index contributed by atoms with van der Waals surface area (Å²) in [6.07, 6.45) is 0. The molecule has 6 heteroatoms. The molecule has 0 fully saturated rings. The Morgan fingerprint density at radius 3 is 1.93 bits per heavy atom. The Morgan fingerprint density at radius 2 is 1.07 bits per heavy atom. The summed E-state index contributed by atoms with van der Waals surface area (Å²) < 4.78 is 11.3. The van der Waals surface area contributed by atoms with Crippen molar-refractivity contribution in [2.45, 2.75) is 0 Å². The van der Waals surface area contributed by atoms with Gasteiger partial charge in [0.05, 0.1) is 5.52 Å². The number of nitrogens with zero attached hydrogens (tertiary/aromatic N) is 4. The maximum absolute atomic E-state index is 6.64. The minimum atomic E-state index is 0.532. The summed E-state index contributed by atoms with van der Waals surface area (Å²) in [7, 11) is 0. The zero-order valence-corrected chi connectivity index (χ0v) is 31.2. The number of furan rings is 1. The van der Waals surface area contributed by atoms with Crippen LogP contribution in [0.2, 0.25) is 0 Å². The zero-order chi connectivity index (χ0) is 37.5. The van der Waals surface area contributed by atoms with Crippen LogP contribution in [0.4, 0.5) is 0 Å². The first-order valence-electron chi connectivity index (χ1n) is 19.0. The third kappa shape index (κ3) is 5.04. The number of thiophene rings is 1. The first-order chi connectivity index (χ1) is 28.2. The predicted molar refractivity (Wildman–Crippen MR) is 236 cm³/mol. The first-order valence-corrected chi connectivity index (χ1v) is 19.8. The summed E-state index contributed by atoms with van der Waals surface area (Å²) in [6, 6.07) is 63.8. The number of hydrogen-bond acceptors (Lipinski definition) is 5. The van der Waals surface area contributed by atoms with Gasteiger partial charge >= 0.3 is 0 Å². The van der Waals surface area contributed by atoms with Crippen LogP contribution in [0.15, 0.2) is 186 Å².